The Bertz CT molecular complexity index is 949. The largest absolute Gasteiger partial charge is 0.417 e. The Morgan fingerprint density at radius 3 is 2.64 bits per heavy atom. The lowest BCUT2D eigenvalue weighted by atomic mass is 9.98. The molecule has 0 aromatic heterocycles. The first kappa shape index (κ1) is 19.7. The van der Waals surface area contributed by atoms with Crippen LogP contribution in [0.15, 0.2) is 36.4 Å². The van der Waals surface area contributed by atoms with Gasteiger partial charge in [0.15, 0.2) is 0 Å². The fourth-order valence-corrected chi connectivity index (χ4v) is 3.36. The van der Waals surface area contributed by atoms with E-state index in [-0.39, 0.29) is 18.1 Å². The number of carbonyl (C=O) groups excluding carboxylic acids is 1. The SMILES string of the molecule is CC(=O)N1CCC(Nc2ccc(C#N)c(C(F)(F)F)c2)c2ccc(F)cc2C1. The maximum atomic E-state index is 13.7. The number of anilines is 1. The van der Waals surface area contributed by atoms with Crippen molar-refractivity contribution in [2.75, 3.05) is 11.9 Å². The Balaban J connectivity index is 1.97. The highest BCUT2D eigenvalue weighted by molar-refractivity contribution is 5.73. The Hall–Kier alpha value is -3.08. The number of hydrogen-bond acceptors (Lipinski definition) is 3. The minimum Gasteiger partial charge on any atom is -0.378 e. The first-order valence-electron chi connectivity index (χ1n) is 8.60. The molecule has 0 radical (unpaired) electrons. The summed E-state index contributed by atoms with van der Waals surface area (Å²) >= 11 is 0. The molecular weight excluding hydrogens is 374 g/mol. The molecular formula is C20H17F4N3O. The van der Waals surface area contributed by atoms with Crippen LogP contribution in [0.3, 0.4) is 0 Å². The van der Waals surface area contributed by atoms with Gasteiger partial charge in [0.05, 0.1) is 23.2 Å². The van der Waals surface area contributed by atoms with Crippen molar-refractivity contribution in [1.29, 1.82) is 5.26 Å². The molecule has 2 aromatic rings. The van der Waals surface area contributed by atoms with E-state index in [2.05, 4.69) is 5.32 Å². The summed E-state index contributed by atoms with van der Waals surface area (Å²) in [5.41, 5.74) is 0.0586. The number of fused-ring (bicyclic) bond motifs is 1. The molecule has 2 aromatic carbocycles. The first-order valence-corrected chi connectivity index (χ1v) is 8.60. The van der Waals surface area contributed by atoms with Crippen molar-refractivity contribution >= 4 is 11.6 Å². The van der Waals surface area contributed by atoms with Crippen molar-refractivity contribution in [3.63, 3.8) is 0 Å². The van der Waals surface area contributed by atoms with Crippen molar-refractivity contribution in [3.8, 4) is 6.07 Å². The van der Waals surface area contributed by atoms with Crippen molar-refractivity contribution in [2.45, 2.75) is 32.1 Å². The number of nitriles is 1. The number of halogens is 4. The Morgan fingerprint density at radius 2 is 2.00 bits per heavy atom. The van der Waals surface area contributed by atoms with Gasteiger partial charge >= 0.3 is 6.18 Å². The zero-order valence-corrected chi connectivity index (χ0v) is 15.0. The standard InChI is InChI=1S/C20H17F4N3O/c1-12(28)27-7-6-19(17-5-3-15(21)8-14(17)11-27)26-16-4-2-13(10-25)18(9-16)20(22,23)24/h2-5,8-9,19,26H,6-7,11H2,1H3. The number of hydrogen-bond donors (Lipinski definition) is 1. The summed E-state index contributed by atoms with van der Waals surface area (Å²) in [5.74, 6) is -0.603. The van der Waals surface area contributed by atoms with Crippen molar-refractivity contribution in [3.05, 3.63) is 64.5 Å². The lowest BCUT2D eigenvalue weighted by Gasteiger charge is -2.21. The van der Waals surface area contributed by atoms with Crippen LogP contribution in [-0.2, 0) is 17.5 Å². The van der Waals surface area contributed by atoms with Crippen LogP contribution < -0.4 is 5.32 Å². The number of rotatable bonds is 2. The van der Waals surface area contributed by atoms with E-state index in [1.165, 1.54) is 25.1 Å². The summed E-state index contributed by atoms with van der Waals surface area (Å²) in [4.78, 5) is 13.4. The fourth-order valence-electron chi connectivity index (χ4n) is 3.36. The number of benzene rings is 2. The van der Waals surface area contributed by atoms with Gasteiger partial charge in [-0.3, -0.25) is 4.79 Å². The second-order valence-corrected chi connectivity index (χ2v) is 6.64. The maximum Gasteiger partial charge on any atom is 0.417 e. The third-order valence-electron chi connectivity index (χ3n) is 4.76. The fraction of sp³-hybridized carbons (Fsp3) is 0.300. The molecule has 8 heteroatoms. The Kier molecular flexibility index (Phi) is 5.27. The smallest absolute Gasteiger partial charge is 0.378 e. The minimum absolute atomic E-state index is 0.159. The molecule has 1 heterocycles. The molecule has 0 saturated carbocycles. The van der Waals surface area contributed by atoms with Crippen LogP contribution in [0.2, 0.25) is 0 Å². The van der Waals surface area contributed by atoms with Gasteiger partial charge < -0.3 is 10.2 Å². The summed E-state index contributed by atoms with van der Waals surface area (Å²) in [6.45, 7) is 2.04. The average molecular weight is 391 g/mol. The molecule has 1 unspecified atom stereocenters. The van der Waals surface area contributed by atoms with Crippen LogP contribution >= 0.6 is 0 Å². The van der Waals surface area contributed by atoms with Crippen LogP contribution in [0.25, 0.3) is 0 Å². The molecule has 0 aliphatic carbocycles. The highest BCUT2D eigenvalue weighted by atomic mass is 19.4. The third-order valence-corrected chi connectivity index (χ3v) is 4.76. The highest BCUT2D eigenvalue weighted by Crippen LogP contribution is 2.36. The topological polar surface area (TPSA) is 56.1 Å². The van der Waals surface area contributed by atoms with Crippen LogP contribution in [0.5, 0.6) is 0 Å². The quantitative estimate of drug-likeness (QED) is 0.760. The summed E-state index contributed by atoms with van der Waals surface area (Å²) in [6, 6.07) is 8.78. The van der Waals surface area contributed by atoms with Crippen LogP contribution in [0.1, 0.15) is 41.6 Å². The van der Waals surface area contributed by atoms with Gasteiger partial charge in [-0.15, -0.1) is 0 Å². The molecule has 1 amide bonds. The van der Waals surface area contributed by atoms with Crippen LogP contribution in [0.4, 0.5) is 23.2 Å². The van der Waals surface area contributed by atoms with E-state index in [9.17, 15) is 22.4 Å². The average Bonchev–Trinajstić information content (AvgIpc) is 2.80. The van der Waals surface area contributed by atoms with E-state index in [0.29, 0.717) is 18.5 Å². The number of amides is 1. The number of nitrogens with zero attached hydrogens (tertiary/aromatic N) is 2. The molecule has 146 valence electrons. The van der Waals surface area contributed by atoms with Gasteiger partial charge in [-0.05, 0) is 47.9 Å². The zero-order chi connectivity index (χ0) is 20.5. The van der Waals surface area contributed by atoms with Gasteiger partial charge in [0.2, 0.25) is 5.91 Å². The van der Waals surface area contributed by atoms with Gasteiger partial charge in [0.25, 0.3) is 0 Å². The highest BCUT2D eigenvalue weighted by Gasteiger charge is 2.34. The maximum absolute atomic E-state index is 13.7. The predicted octanol–water partition coefficient (Wildman–Crippen LogP) is 4.62. The molecule has 1 aliphatic rings. The molecule has 1 aliphatic heterocycles. The molecule has 4 nitrogen and oxygen atoms in total. The summed E-state index contributed by atoms with van der Waals surface area (Å²) in [7, 11) is 0. The van der Waals surface area contributed by atoms with Crippen molar-refractivity contribution in [1.82, 2.24) is 4.90 Å². The van der Waals surface area contributed by atoms with E-state index >= 15 is 0 Å². The Labute approximate surface area is 159 Å². The second kappa shape index (κ2) is 7.50. The van der Waals surface area contributed by atoms with Gasteiger partial charge in [0.1, 0.15) is 5.82 Å². The first-order chi connectivity index (χ1) is 13.2. The van der Waals surface area contributed by atoms with Gasteiger partial charge in [-0.25, -0.2) is 4.39 Å². The molecule has 3 rings (SSSR count). The third kappa shape index (κ3) is 4.09. The van der Waals surface area contributed by atoms with Crippen molar-refractivity contribution in [2.24, 2.45) is 0 Å². The lowest BCUT2D eigenvalue weighted by Crippen LogP contribution is -2.28. The van der Waals surface area contributed by atoms with Gasteiger partial charge in [0, 0.05) is 25.7 Å². The monoisotopic (exact) mass is 391 g/mol. The van der Waals surface area contributed by atoms with Gasteiger partial charge in [-0.2, -0.15) is 18.4 Å². The number of nitrogens with one attached hydrogen (secondary N) is 1. The predicted molar refractivity (Wildman–Crippen MR) is 94.6 cm³/mol. The van der Waals surface area contributed by atoms with E-state index in [1.54, 1.807) is 17.0 Å². The van der Waals surface area contributed by atoms with E-state index in [4.69, 9.17) is 5.26 Å². The number of alkyl halides is 3. The van der Waals surface area contributed by atoms with Gasteiger partial charge in [-0.1, -0.05) is 6.07 Å². The summed E-state index contributed by atoms with van der Waals surface area (Å²) in [6.07, 6.45) is -4.21. The van der Waals surface area contributed by atoms with Crippen LogP contribution in [-0.4, -0.2) is 17.4 Å². The molecule has 0 bridgehead atoms. The number of carbonyl (C=O) groups is 1. The molecule has 0 spiro atoms. The summed E-state index contributed by atoms with van der Waals surface area (Å²) < 4.78 is 53.4. The lowest BCUT2D eigenvalue weighted by molar-refractivity contribution is -0.137. The van der Waals surface area contributed by atoms with Crippen LogP contribution in [0, 0.1) is 17.1 Å². The molecule has 0 fully saturated rings. The molecule has 28 heavy (non-hydrogen) atoms. The Morgan fingerprint density at radius 1 is 1.25 bits per heavy atom. The van der Waals surface area contributed by atoms with Crippen molar-refractivity contribution < 1.29 is 22.4 Å². The van der Waals surface area contributed by atoms with E-state index in [0.717, 1.165) is 17.7 Å². The second-order valence-electron chi connectivity index (χ2n) is 6.64. The van der Waals surface area contributed by atoms with E-state index < -0.39 is 29.2 Å². The van der Waals surface area contributed by atoms with E-state index in [1.807, 2.05) is 0 Å². The molecule has 0 saturated heterocycles. The molecule has 1 atom stereocenters. The summed E-state index contributed by atoms with van der Waals surface area (Å²) in [5, 5.41) is 12.0. The normalized spacial score (nSPS) is 16.7. The minimum atomic E-state index is -4.65. The zero-order valence-electron chi connectivity index (χ0n) is 15.0. The molecule has 1 N–H and O–H groups in total.